The van der Waals surface area contributed by atoms with E-state index in [0.717, 1.165) is 12.8 Å². The molecule has 2 aromatic rings. The molecule has 29 heavy (non-hydrogen) atoms. The molecule has 1 saturated heterocycles. The average Bonchev–Trinajstić information content (AvgIpc) is 2.69. The Morgan fingerprint density at radius 1 is 1.17 bits per heavy atom. The van der Waals surface area contributed by atoms with Crippen LogP contribution < -0.4 is 5.32 Å². The lowest BCUT2D eigenvalue weighted by atomic mass is 10.0. The summed E-state index contributed by atoms with van der Waals surface area (Å²) in [5.74, 6) is -0.0327. The van der Waals surface area contributed by atoms with Crippen molar-refractivity contribution in [2.75, 3.05) is 18.4 Å². The fraction of sp³-hybridized carbons (Fsp3) is 0.350. The van der Waals surface area contributed by atoms with Gasteiger partial charge in [0.25, 0.3) is 11.6 Å². The molecule has 154 valence electrons. The molecule has 0 unspecified atom stereocenters. The monoisotopic (exact) mass is 417 g/mol. The molecular weight excluding hydrogens is 394 g/mol. The SMILES string of the molecule is Cc1c(NC(=O)c2cccc(S(=O)(=O)N3CCC(C)CC3)c2)cccc1[N+](=O)[O-]. The maximum absolute atomic E-state index is 12.9. The summed E-state index contributed by atoms with van der Waals surface area (Å²) >= 11 is 0. The van der Waals surface area contributed by atoms with Gasteiger partial charge >= 0.3 is 0 Å². The third kappa shape index (κ3) is 4.46. The van der Waals surface area contributed by atoms with Crippen LogP contribution in [0, 0.1) is 23.0 Å². The lowest BCUT2D eigenvalue weighted by Crippen LogP contribution is -2.37. The molecule has 2 aromatic carbocycles. The third-order valence-electron chi connectivity index (χ3n) is 5.23. The van der Waals surface area contributed by atoms with Crippen molar-refractivity contribution in [1.82, 2.24) is 4.31 Å². The van der Waals surface area contributed by atoms with E-state index in [0.29, 0.717) is 30.3 Å². The van der Waals surface area contributed by atoms with Gasteiger partial charge in [0.2, 0.25) is 10.0 Å². The summed E-state index contributed by atoms with van der Waals surface area (Å²) in [6.45, 7) is 4.58. The van der Waals surface area contributed by atoms with Crippen molar-refractivity contribution in [2.45, 2.75) is 31.6 Å². The van der Waals surface area contributed by atoms with Crippen LogP contribution in [0.5, 0.6) is 0 Å². The van der Waals surface area contributed by atoms with Crippen molar-refractivity contribution in [1.29, 1.82) is 0 Å². The molecule has 0 radical (unpaired) electrons. The van der Waals surface area contributed by atoms with E-state index in [1.807, 2.05) is 0 Å². The van der Waals surface area contributed by atoms with E-state index in [-0.39, 0.29) is 16.1 Å². The highest BCUT2D eigenvalue weighted by Crippen LogP contribution is 2.27. The summed E-state index contributed by atoms with van der Waals surface area (Å²) in [4.78, 5) is 23.3. The number of nitro groups is 1. The zero-order chi connectivity index (χ0) is 21.2. The number of amides is 1. The molecule has 0 saturated carbocycles. The minimum absolute atomic E-state index is 0.0652. The minimum atomic E-state index is -3.68. The fourth-order valence-corrected chi connectivity index (χ4v) is 4.84. The molecule has 1 fully saturated rings. The predicted molar refractivity (Wildman–Crippen MR) is 109 cm³/mol. The second kappa shape index (κ2) is 8.30. The highest BCUT2D eigenvalue weighted by molar-refractivity contribution is 7.89. The van der Waals surface area contributed by atoms with Crippen LogP contribution >= 0.6 is 0 Å². The second-order valence-electron chi connectivity index (χ2n) is 7.28. The zero-order valence-corrected chi connectivity index (χ0v) is 17.1. The van der Waals surface area contributed by atoms with Crippen LogP contribution in [0.1, 0.15) is 35.7 Å². The van der Waals surface area contributed by atoms with E-state index in [4.69, 9.17) is 0 Å². The summed E-state index contributed by atoms with van der Waals surface area (Å²) in [5, 5.41) is 13.7. The van der Waals surface area contributed by atoms with Gasteiger partial charge in [-0.15, -0.1) is 0 Å². The summed E-state index contributed by atoms with van der Waals surface area (Å²) in [6, 6.07) is 10.3. The van der Waals surface area contributed by atoms with Crippen molar-refractivity contribution in [3.8, 4) is 0 Å². The second-order valence-corrected chi connectivity index (χ2v) is 9.21. The number of anilines is 1. The number of piperidine rings is 1. The Morgan fingerprint density at radius 3 is 2.48 bits per heavy atom. The van der Waals surface area contributed by atoms with Gasteiger partial charge in [0.05, 0.1) is 21.1 Å². The van der Waals surface area contributed by atoms with Gasteiger partial charge in [-0.3, -0.25) is 14.9 Å². The molecule has 0 aromatic heterocycles. The third-order valence-corrected chi connectivity index (χ3v) is 7.12. The molecule has 0 aliphatic carbocycles. The van der Waals surface area contributed by atoms with Gasteiger partial charge in [0.1, 0.15) is 0 Å². The molecular formula is C20H23N3O5S. The molecule has 0 spiro atoms. The number of nitrogens with one attached hydrogen (secondary N) is 1. The maximum atomic E-state index is 12.9. The van der Waals surface area contributed by atoms with Crippen molar-refractivity contribution in [2.24, 2.45) is 5.92 Å². The van der Waals surface area contributed by atoms with E-state index in [1.54, 1.807) is 13.0 Å². The number of nitro benzene ring substituents is 1. The Hall–Kier alpha value is -2.78. The Kier molecular flexibility index (Phi) is 5.99. The summed E-state index contributed by atoms with van der Waals surface area (Å²) < 4.78 is 27.3. The van der Waals surface area contributed by atoms with Crippen LogP contribution in [0.25, 0.3) is 0 Å². The number of nitrogens with zero attached hydrogens (tertiary/aromatic N) is 2. The van der Waals surface area contributed by atoms with Gasteiger partial charge in [-0.25, -0.2) is 8.42 Å². The van der Waals surface area contributed by atoms with Crippen molar-refractivity contribution in [3.63, 3.8) is 0 Å². The van der Waals surface area contributed by atoms with Gasteiger partial charge in [-0.2, -0.15) is 4.31 Å². The molecule has 0 bridgehead atoms. The summed E-state index contributed by atoms with van der Waals surface area (Å²) in [5.41, 5.74) is 0.709. The summed E-state index contributed by atoms with van der Waals surface area (Å²) in [6.07, 6.45) is 1.62. The van der Waals surface area contributed by atoms with Gasteiger partial charge in [-0.1, -0.05) is 19.1 Å². The van der Waals surface area contributed by atoms with E-state index in [2.05, 4.69) is 12.2 Å². The molecule has 0 atom stereocenters. The van der Waals surface area contributed by atoms with Crippen LogP contribution in [0.15, 0.2) is 47.4 Å². The fourth-order valence-electron chi connectivity index (χ4n) is 3.32. The van der Waals surface area contributed by atoms with Crippen LogP contribution in [0.2, 0.25) is 0 Å². The van der Waals surface area contributed by atoms with Crippen LogP contribution in [-0.2, 0) is 10.0 Å². The number of carbonyl (C=O) groups is 1. The predicted octanol–water partition coefficient (Wildman–Crippen LogP) is 3.58. The number of rotatable bonds is 5. The number of carbonyl (C=O) groups excluding carboxylic acids is 1. The first-order chi connectivity index (χ1) is 13.7. The zero-order valence-electron chi connectivity index (χ0n) is 16.3. The molecule has 3 rings (SSSR count). The Labute approximate surface area is 169 Å². The lowest BCUT2D eigenvalue weighted by molar-refractivity contribution is -0.385. The van der Waals surface area contributed by atoms with Gasteiger partial charge < -0.3 is 5.32 Å². The number of hydrogen-bond acceptors (Lipinski definition) is 5. The molecule has 1 amide bonds. The smallest absolute Gasteiger partial charge is 0.274 e. The average molecular weight is 417 g/mol. The van der Waals surface area contributed by atoms with E-state index in [1.165, 1.54) is 40.7 Å². The normalized spacial score (nSPS) is 15.8. The topological polar surface area (TPSA) is 110 Å². The van der Waals surface area contributed by atoms with E-state index in [9.17, 15) is 23.3 Å². The minimum Gasteiger partial charge on any atom is -0.321 e. The molecule has 1 N–H and O–H groups in total. The Bertz CT molecular complexity index is 1040. The quantitative estimate of drug-likeness (QED) is 0.591. The Balaban J connectivity index is 1.83. The largest absolute Gasteiger partial charge is 0.321 e. The van der Waals surface area contributed by atoms with Gasteiger partial charge in [0, 0.05) is 24.7 Å². The highest BCUT2D eigenvalue weighted by atomic mass is 32.2. The van der Waals surface area contributed by atoms with Gasteiger partial charge in [0.15, 0.2) is 0 Å². The Morgan fingerprint density at radius 2 is 1.83 bits per heavy atom. The highest BCUT2D eigenvalue weighted by Gasteiger charge is 2.28. The molecule has 1 heterocycles. The molecule has 8 nitrogen and oxygen atoms in total. The number of hydrogen-bond donors (Lipinski definition) is 1. The van der Waals surface area contributed by atoms with Crippen molar-refractivity contribution in [3.05, 3.63) is 63.7 Å². The van der Waals surface area contributed by atoms with E-state index < -0.39 is 20.9 Å². The number of benzene rings is 2. The standard InChI is InChI=1S/C20H23N3O5S/c1-14-9-11-22(12-10-14)29(27,28)17-6-3-5-16(13-17)20(24)21-18-7-4-8-19(15(18)2)23(25)26/h3-8,13-14H,9-12H2,1-2H3,(H,21,24). The van der Waals surface area contributed by atoms with Crippen LogP contribution in [-0.4, -0.2) is 36.6 Å². The van der Waals surface area contributed by atoms with Crippen molar-refractivity contribution < 1.29 is 18.1 Å². The van der Waals surface area contributed by atoms with Crippen molar-refractivity contribution >= 4 is 27.3 Å². The lowest BCUT2D eigenvalue weighted by Gasteiger charge is -2.29. The van der Waals surface area contributed by atoms with Crippen LogP contribution in [0.4, 0.5) is 11.4 Å². The van der Waals surface area contributed by atoms with Crippen LogP contribution in [0.3, 0.4) is 0 Å². The summed E-state index contributed by atoms with van der Waals surface area (Å²) in [7, 11) is -3.68. The first-order valence-corrected chi connectivity index (χ1v) is 10.8. The first kappa shape index (κ1) is 20.9. The molecule has 9 heteroatoms. The molecule has 1 aliphatic heterocycles. The first-order valence-electron chi connectivity index (χ1n) is 9.35. The molecule has 1 aliphatic rings. The van der Waals surface area contributed by atoms with Gasteiger partial charge in [-0.05, 0) is 49.9 Å². The maximum Gasteiger partial charge on any atom is 0.274 e. The number of sulfonamides is 1. The van der Waals surface area contributed by atoms with E-state index >= 15 is 0 Å².